The smallest absolute Gasteiger partial charge is 0.225 e. The van der Waals surface area contributed by atoms with E-state index < -0.39 is 0 Å². The van der Waals surface area contributed by atoms with Crippen molar-refractivity contribution >= 4 is 11.9 Å². The van der Waals surface area contributed by atoms with Crippen LogP contribution in [-0.4, -0.2) is 73.3 Å². The third-order valence-electron chi connectivity index (χ3n) is 6.17. The average molecular weight is 427 g/mol. The van der Waals surface area contributed by atoms with E-state index >= 15 is 0 Å². The first kappa shape index (κ1) is 21.5. The number of nitrogens with one attached hydrogen (secondary N) is 1. The number of aromatic nitrogens is 2. The van der Waals surface area contributed by atoms with E-state index in [4.69, 9.17) is 9.73 Å². The van der Waals surface area contributed by atoms with Crippen LogP contribution >= 0.6 is 0 Å². The lowest BCUT2D eigenvalue weighted by atomic mass is 9.74. The molecule has 0 aliphatic carbocycles. The Morgan fingerprint density at radius 2 is 1.87 bits per heavy atom. The molecule has 3 heterocycles. The Hall–Kier alpha value is -2.74. The molecule has 1 N–H and O–H groups in total. The molecule has 166 valence electrons. The first-order valence-corrected chi connectivity index (χ1v) is 11.1. The summed E-state index contributed by atoms with van der Waals surface area (Å²) in [5, 5.41) is 3.45. The average Bonchev–Trinajstić information content (AvgIpc) is 2.83. The minimum absolute atomic E-state index is 0.194. The van der Waals surface area contributed by atoms with Crippen molar-refractivity contribution in [3.63, 3.8) is 0 Å². The van der Waals surface area contributed by atoms with Crippen LogP contribution in [0, 0.1) is 5.82 Å². The molecule has 1 aromatic carbocycles. The molecule has 0 unspecified atom stereocenters. The highest BCUT2D eigenvalue weighted by atomic mass is 19.1. The van der Waals surface area contributed by atoms with Gasteiger partial charge in [-0.1, -0.05) is 12.1 Å². The molecule has 2 fully saturated rings. The first-order valence-electron chi connectivity index (χ1n) is 11.1. The highest BCUT2D eigenvalue weighted by molar-refractivity contribution is 5.80. The number of anilines is 1. The van der Waals surface area contributed by atoms with Gasteiger partial charge in [-0.25, -0.2) is 14.4 Å². The topological polar surface area (TPSA) is 65.9 Å². The van der Waals surface area contributed by atoms with Gasteiger partial charge in [-0.3, -0.25) is 4.99 Å². The van der Waals surface area contributed by atoms with E-state index in [2.05, 4.69) is 32.0 Å². The molecule has 0 amide bonds. The summed E-state index contributed by atoms with van der Waals surface area (Å²) in [6, 6.07) is 8.81. The van der Waals surface area contributed by atoms with Gasteiger partial charge < -0.3 is 19.9 Å². The van der Waals surface area contributed by atoms with Crippen molar-refractivity contribution < 1.29 is 9.13 Å². The molecule has 1 aromatic heterocycles. The number of ether oxygens (including phenoxy) is 1. The SMILES string of the molecule is CCNC(=NCC1(c2cccc(F)c2)CCOCC1)N1CCN(c2ncccn2)CC1. The summed E-state index contributed by atoms with van der Waals surface area (Å²) in [6.07, 6.45) is 5.25. The maximum Gasteiger partial charge on any atom is 0.225 e. The number of hydrogen-bond acceptors (Lipinski definition) is 5. The molecular weight excluding hydrogens is 395 g/mol. The molecule has 2 aliphatic rings. The fraction of sp³-hybridized carbons (Fsp3) is 0.522. The number of benzene rings is 1. The zero-order valence-electron chi connectivity index (χ0n) is 18.1. The third kappa shape index (κ3) is 5.12. The Morgan fingerprint density at radius 1 is 1.13 bits per heavy atom. The van der Waals surface area contributed by atoms with Gasteiger partial charge in [-0.15, -0.1) is 0 Å². The van der Waals surface area contributed by atoms with Gasteiger partial charge in [0.1, 0.15) is 5.82 Å². The van der Waals surface area contributed by atoms with Crippen LogP contribution in [0.4, 0.5) is 10.3 Å². The standard InChI is InChI=1S/C23H31FN6O/c1-2-25-21(29-11-13-30(14-12-29)22-26-9-4-10-27-22)28-18-23(7-15-31-16-8-23)19-5-3-6-20(24)17-19/h3-6,9-10,17H,2,7-8,11-16,18H2,1H3,(H,25,28). The number of nitrogens with zero attached hydrogens (tertiary/aromatic N) is 5. The number of halogens is 1. The highest BCUT2D eigenvalue weighted by Crippen LogP contribution is 2.35. The Labute approximate surface area is 183 Å². The molecule has 8 heteroatoms. The van der Waals surface area contributed by atoms with Crippen molar-refractivity contribution in [3.8, 4) is 0 Å². The third-order valence-corrected chi connectivity index (χ3v) is 6.17. The van der Waals surface area contributed by atoms with Crippen LogP contribution < -0.4 is 10.2 Å². The molecule has 4 rings (SSSR count). The molecule has 31 heavy (non-hydrogen) atoms. The normalized spacial score (nSPS) is 19.4. The van der Waals surface area contributed by atoms with Crippen LogP contribution in [0.3, 0.4) is 0 Å². The summed E-state index contributed by atoms with van der Waals surface area (Å²) in [5.74, 6) is 1.49. The zero-order chi connectivity index (χ0) is 21.5. The van der Waals surface area contributed by atoms with Gasteiger partial charge in [0.25, 0.3) is 0 Å². The van der Waals surface area contributed by atoms with Crippen LogP contribution in [0.25, 0.3) is 0 Å². The van der Waals surface area contributed by atoms with E-state index in [1.165, 1.54) is 6.07 Å². The van der Waals surface area contributed by atoms with Gasteiger partial charge in [-0.05, 0) is 43.5 Å². The number of guanidine groups is 1. The molecule has 0 atom stereocenters. The van der Waals surface area contributed by atoms with Crippen molar-refractivity contribution in [1.29, 1.82) is 0 Å². The molecule has 2 aromatic rings. The van der Waals surface area contributed by atoms with Crippen LogP contribution in [-0.2, 0) is 10.2 Å². The maximum atomic E-state index is 14.0. The number of piperazine rings is 1. The fourth-order valence-corrected chi connectivity index (χ4v) is 4.34. The van der Waals surface area contributed by atoms with Crippen LogP contribution in [0.15, 0.2) is 47.7 Å². The zero-order valence-corrected chi connectivity index (χ0v) is 18.1. The Bertz CT molecular complexity index is 863. The predicted molar refractivity (Wildman–Crippen MR) is 120 cm³/mol. The summed E-state index contributed by atoms with van der Waals surface area (Å²) in [5.41, 5.74) is 0.821. The molecule has 0 saturated carbocycles. The van der Waals surface area contributed by atoms with Crippen molar-refractivity contribution in [3.05, 3.63) is 54.1 Å². The predicted octanol–water partition coefficient (Wildman–Crippen LogP) is 2.45. The Balaban J connectivity index is 1.49. The van der Waals surface area contributed by atoms with E-state index in [9.17, 15) is 4.39 Å². The first-order chi connectivity index (χ1) is 15.2. The van der Waals surface area contributed by atoms with Gasteiger partial charge >= 0.3 is 0 Å². The largest absolute Gasteiger partial charge is 0.381 e. The number of hydrogen-bond donors (Lipinski definition) is 1. The molecule has 0 spiro atoms. The summed E-state index contributed by atoms with van der Waals surface area (Å²) in [6.45, 7) is 8.24. The van der Waals surface area contributed by atoms with E-state index in [1.807, 2.05) is 12.1 Å². The fourth-order valence-electron chi connectivity index (χ4n) is 4.34. The van der Waals surface area contributed by atoms with Crippen LogP contribution in [0.1, 0.15) is 25.3 Å². The van der Waals surface area contributed by atoms with Crippen molar-refractivity contribution in [2.75, 3.05) is 57.4 Å². The van der Waals surface area contributed by atoms with E-state index in [0.29, 0.717) is 19.8 Å². The minimum Gasteiger partial charge on any atom is -0.381 e. The number of rotatable bonds is 5. The summed E-state index contributed by atoms with van der Waals surface area (Å²) >= 11 is 0. The van der Waals surface area contributed by atoms with Gasteiger partial charge in [0.15, 0.2) is 5.96 Å². The van der Waals surface area contributed by atoms with Crippen molar-refractivity contribution in [2.24, 2.45) is 4.99 Å². The second-order valence-electron chi connectivity index (χ2n) is 8.10. The minimum atomic E-state index is -0.196. The number of aliphatic imine (C=N–C) groups is 1. The molecular formula is C23H31FN6O. The van der Waals surface area contributed by atoms with Gasteiger partial charge in [0.2, 0.25) is 5.95 Å². The summed E-state index contributed by atoms with van der Waals surface area (Å²) < 4.78 is 19.6. The Morgan fingerprint density at radius 3 is 2.55 bits per heavy atom. The summed E-state index contributed by atoms with van der Waals surface area (Å²) in [4.78, 5) is 18.3. The van der Waals surface area contributed by atoms with Crippen LogP contribution in [0.5, 0.6) is 0 Å². The second-order valence-corrected chi connectivity index (χ2v) is 8.10. The lowest BCUT2D eigenvalue weighted by Gasteiger charge is -2.39. The lowest BCUT2D eigenvalue weighted by Crippen LogP contribution is -2.53. The Kier molecular flexibility index (Phi) is 6.96. The molecule has 2 aliphatic heterocycles. The molecule has 0 radical (unpaired) electrons. The van der Waals surface area contributed by atoms with Crippen molar-refractivity contribution in [2.45, 2.75) is 25.2 Å². The summed E-state index contributed by atoms with van der Waals surface area (Å²) in [7, 11) is 0. The van der Waals surface area contributed by atoms with E-state index in [1.54, 1.807) is 24.5 Å². The maximum absolute atomic E-state index is 14.0. The van der Waals surface area contributed by atoms with E-state index in [-0.39, 0.29) is 11.2 Å². The lowest BCUT2D eigenvalue weighted by molar-refractivity contribution is 0.0529. The second kappa shape index (κ2) is 10.0. The molecule has 2 saturated heterocycles. The molecule has 7 nitrogen and oxygen atoms in total. The van der Waals surface area contributed by atoms with Crippen LogP contribution in [0.2, 0.25) is 0 Å². The van der Waals surface area contributed by atoms with Gasteiger partial charge in [-0.2, -0.15) is 0 Å². The van der Waals surface area contributed by atoms with Gasteiger partial charge in [0.05, 0.1) is 6.54 Å². The monoisotopic (exact) mass is 426 g/mol. The van der Waals surface area contributed by atoms with E-state index in [0.717, 1.165) is 63.0 Å². The quantitative estimate of drug-likeness (QED) is 0.585. The molecule has 0 bridgehead atoms. The van der Waals surface area contributed by atoms with Gasteiger partial charge in [0, 0.05) is 63.7 Å². The highest BCUT2D eigenvalue weighted by Gasteiger charge is 2.35. The van der Waals surface area contributed by atoms with Crippen molar-refractivity contribution in [1.82, 2.24) is 20.2 Å².